The molecule has 2 aromatic rings. The molecule has 2 aromatic carbocycles. The molecule has 26 heavy (non-hydrogen) atoms. The first-order valence-corrected chi connectivity index (χ1v) is 11.4. The summed E-state index contributed by atoms with van der Waals surface area (Å²) >= 11 is 6.02. The normalized spacial score (nSPS) is 12.7. The van der Waals surface area contributed by atoms with Crippen LogP contribution in [0.4, 0.5) is 11.4 Å². The average molecular weight is 417 g/mol. The minimum Gasteiger partial charge on any atom is -0.282 e. The summed E-state index contributed by atoms with van der Waals surface area (Å²) in [6.07, 6.45) is 1.00. The van der Waals surface area contributed by atoms with E-state index in [1.54, 1.807) is 24.3 Å². The summed E-state index contributed by atoms with van der Waals surface area (Å²) in [4.78, 5) is 0.125. The summed E-state index contributed by atoms with van der Waals surface area (Å²) < 4.78 is 52.3. The highest BCUT2D eigenvalue weighted by Crippen LogP contribution is 2.28. The third-order valence-electron chi connectivity index (χ3n) is 3.55. The lowest BCUT2D eigenvalue weighted by molar-refractivity contribution is 0.587. The first-order chi connectivity index (χ1) is 11.8. The van der Waals surface area contributed by atoms with E-state index in [1.165, 1.54) is 18.2 Å². The van der Waals surface area contributed by atoms with Crippen molar-refractivity contribution < 1.29 is 16.8 Å². The second-order valence-corrected chi connectivity index (χ2v) is 10.8. The standard InChI is InChI=1S/C17H21ClN2O4S2/c1-17(2,3)12-5-8-14(9-6-12)26(23,24)19-13-7-10-16(15(18)11-13)20-25(4,21)22/h5-11,19-20H,1-4H3. The SMILES string of the molecule is CC(C)(C)c1ccc(S(=O)(=O)Nc2ccc(NS(C)(=O)=O)c(Cl)c2)cc1. The van der Waals surface area contributed by atoms with Crippen LogP contribution >= 0.6 is 11.6 Å². The molecule has 0 aromatic heterocycles. The predicted octanol–water partition coefficient (Wildman–Crippen LogP) is 3.81. The maximum Gasteiger partial charge on any atom is 0.261 e. The monoisotopic (exact) mass is 416 g/mol. The Kier molecular flexibility index (Phi) is 5.60. The molecule has 0 aliphatic heterocycles. The average Bonchev–Trinajstić information content (AvgIpc) is 2.48. The lowest BCUT2D eigenvalue weighted by Gasteiger charge is -2.19. The molecule has 0 saturated carbocycles. The molecule has 6 nitrogen and oxygen atoms in total. The summed E-state index contributed by atoms with van der Waals surface area (Å²) in [6.45, 7) is 6.13. The Bertz CT molecular complexity index is 1010. The Morgan fingerprint density at radius 3 is 1.92 bits per heavy atom. The van der Waals surface area contributed by atoms with Crippen LogP contribution in [0.2, 0.25) is 5.02 Å². The lowest BCUT2D eigenvalue weighted by Crippen LogP contribution is -2.15. The highest BCUT2D eigenvalue weighted by atomic mass is 35.5. The Labute approximate surface area is 159 Å². The number of rotatable bonds is 5. The van der Waals surface area contributed by atoms with Crippen molar-refractivity contribution in [2.45, 2.75) is 31.1 Å². The zero-order valence-corrected chi connectivity index (χ0v) is 17.3. The third kappa shape index (κ3) is 5.36. The van der Waals surface area contributed by atoms with Crippen LogP contribution in [0.25, 0.3) is 0 Å². The van der Waals surface area contributed by atoms with E-state index in [0.717, 1.165) is 11.8 Å². The maximum absolute atomic E-state index is 12.5. The largest absolute Gasteiger partial charge is 0.282 e. The van der Waals surface area contributed by atoms with Gasteiger partial charge in [0, 0.05) is 0 Å². The minimum atomic E-state index is -3.79. The molecule has 0 heterocycles. The number of hydrogen-bond donors (Lipinski definition) is 2. The van der Waals surface area contributed by atoms with Gasteiger partial charge in [-0.05, 0) is 41.3 Å². The van der Waals surface area contributed by atoms with Crippen molar-refractivity contribution in [3.63, 3.8) is 0 Å². The van der Waals surface area contributed by atoms with Gasteiger partial charge in [0.25, 0.3) is 10.0 Å². The molecule has 0 bridgehead atoms. The number of hydrogen-bond acceptors (Lipinski definition) is 4. The second kappa shape index (κ2) is 7.09. The van der Waals surface area contributed by atoms with Crippen LogP contribution in [-0.2, 0) is 25.5 Å². The smallest absolute Gasteiger partial charge is 0.261 e. The van der Waals surface area contributed by atoms with Crippen molar-refractivity contribution in [3.05, 3.63) is 53.1 Å². The molecule has 0 radical (unpaired) electrons. The van der Waals surface area contributed by atoms with Crippen LogP contribution in [0.5, 0.6) is 0 Å². The molecular weight excluding hydrogens is 396 g/mol. The van der Waals surface area contributed by atoms with E-state index < -0.39 is 20.0 Å². The maximum atomic E-state index is 12.5. The summed E-state index contributed by atoms with van der Waals surface area (Å²) in [5, 5.41) is 0.0821. The number of halogens is 1. The molecule has 0 aliphatic carbocycles. The van der Waals surface area contributed by atoms with E-state index in [-0.39, 0.29) is 26.7 Å². The molecular formula is C17H21ClN2O4S2. The zero-order chi connectivity index (χ0) is 19.8. The second-order valence-electron chi connectivity index (χ2n) is 6.95. The molecule has 0 saturated heterocycles. The van der Waals surface area contributed by atoms with Crippen LogP contribution in [-0.4, -0.2) is 23.1 Å². The van der Waals surface area contributed by atoms with E-state index in [0.29, 0.717) is 0 Å². The van der Waals surface area contributed by atoms with Crippen LogP contribution in [0.15, 0.2) is 47.4 Å². The molecule has 0 unspecified atom stereocenters. The highest BCUT2D eigenvalue weighted by Gasteiger charge is 2.18. The van der Waals surface area contributed by atoms with Crippen LogP contribution < -0.4 is 9.44 Å². The lowest BCUT2D eigenvalue weighted by atomic mass is 9.87. The van der Waals surface area contributed by atoms with Gasteiger partial charge in [-0.1, -0.05) is 44.5 Å². The van der Waals surface area contributed by atoms with Crippen LogP contribution in [0, 0.1) is 0 Å². The van der Waals surface area contributed by atoms with Crippen molar-refractivity contribution >= 4 is 43.0 Å². The van der Waals surface area contributed by atoms with Gasteiger partial charge in [-0.3, -0.25) is 9.44 Å². The fourth-order valence-corrected chi connectivity index (χ4v) is 4.12. The molecule has 0 fully saturated rings. The minimum absolute atomic E-state index is 0.0777. The molecule has 0 spiro atoms. The number of nitrogens with one attached hydrogen (secondary N) is 2. The Balaban J connectivity index is 2.25. The van der Waals surface area contributed by atoms with Crippen molar-refractivity contribution in [1.29, 1.82) is 0 Å². The fraction of sp³-hybridized carbons (Fsp3) is 0.294. The first kappa shape index (κ1) is 20.5. The predicted molar refractivity (Wildman–Crippen MR) is 106 cm³/mol. The first-order valence-electron chi connectivity index (χ1n) is 7.69. The number of anilines is 2. The molecule has 2 N–H and O–H groups in total. The molecule has 0 aliphatic rings. The van der Waals surface area contributed by atoms with E-state index in [9.17, 15) is 16.8 Å². The topological polar surface area (TPSA) is 92.3 Å². The number of sulfonamides is 2. The third-order valence-corrected chi connectivity index (χ3v) is 5.85. The van der Waals surface area contributed by atoms with Gasteiger partial charge >= 0.3 is 0 Å². The van der Waals surface area contributed by atoms with E-state index >= 15 is 0 Å². The number of benzene rings is 2. The van der Waals surface area contributed by atoms with Gasteiger partial charge < -0.3 is 0 Å². The molecule has 2 rings (SSSR count). The molecule has 0 atom stereocenters. The summed E-state index contributed by atoms with van der Waals surface area (Å²) in [6, 6.07) is 10.8. The van der Waals surface area contributed by atoms with Gasteiger partial charge in [-0.15, -0.1) is 0 Å². The van der Waals surface area contributed by atoms with Gasteiger partial charge in [0.05, 0.1) is 27.5 Å². The highest BCUT2D eigenvalue weighted by molar-refractivity contribution is 7.92. The summed E-state index contributed by atoms with van der Waals surface area (Å²) in [5.41, 5.74) is 1.35. The van der Waals surface area contributed by atoms with E-state index in [1.807, 2.05) is 20.8 Å². The summed E-state index contributed by atoms with van der Waals surface area (Å²) in [7, 11) is -7.27. The van der Waals surface area contributed by atoms with Crippen molar-refractivity contribution in [1.82, 2.24) is 0 Å². The Morgan fingerprint density at radius 1 is 0.885 bits per heavy atom. The quantitative estimate of drug-likeness (QED) is 0.775. The van der Waals surface area contributed by atoms with Crippen LogP contribution in [0.3, 0.4) is 0 Å². The van der Waals surface area contributed by atoms with Crippen molar-refractivity contribution in [3.8, 4) is 0 Å². The molecule has 142 valence electrons. The molecule has 9 heteroatoms. The fourth-order valence-electron chi connectivity index (χ4n) is 2.21. The Hall–Kier alpha value is -1.77. The Morgan fingerprint density at radius 2 is 1.46 bits per heavy atom. The summed E-state index contributed by atoms with van der Waals surface area (Å²) in [5.74, 6) is 0. The molecule has 0 amide bonds. The van der Waals surface area contributed by atoms with Gasteiger partial charge in [0.15, 0.2) is 0 Å². The van der Waals surface area contributed by atoms with Gasteiger partial charge in [0.1, 0.15) is 0 Å². The van der Waals surface area contributed by atoms with Crippen molar-refractivity contribution in [2.75, 3.05) is 15.7 Å². The van der Waals surface area contributed by atoms with Gasteiger partial charge in [0.2, 0.25) is 10.0 Å². The zero-order valence-electron chi connectivity index (χ0n) is 14.9. The van der Waals surface area contributed by atoms with E-state index in [2.05, 4.69) is 9.44 Å². The van der Waals surface area contributed by atoms with Crippen molar-refractivity contribution in [2.24, 2.45) is 0 Å². The van der Waals surface area contributed by atoms with Gasteiger partial charge in [-0.2, -0.15) is 0 Å². The van der Waals surface area contributed by atoms with Crippen LogP contribution in [0.1, 0.15) is 26.3 Å². The van der Waals surface area contributed by atoms with E-state index in [4.69, 9.17) is 11.6 Å². The van der Waals surface area contributed by atoms with Gasteiger partial charge in [-0.25, -0.2) is 16.8 Å².